The summed E-state index contributed by atoms with van der Waals surface area (Å²) in [6.07, 6.45) is 1.28. The molecule has 0 aliphatic rings. The number of nitrogens with one attached hydrogen (secondary N) is 1. The number of hydrogen-bond donors (Lipinski definition) is 1. The molecular formula is C13H10ClFN2O. The maximum absolute atomic E-state index is 13.3. The van der Waals surface area contributed by atoms with Crippen LogP contribution < -0.4 is 5.32 Å². The van der Waals surface area contributed by atoms with Crippen LogP contribution in [0.2, 0.25) is 5.02 Å². The van der Waals surface area contributed by atoms with E-state index in [9.17, 15) is 9.18 Å². The molecule has 2 rings (SSSR count). The van der Waals surface area contributed by atoms with Crippen LogP contribution in [0.15, 0.2) is 36.5 Å². The fourth-order valence-corrected chi connectivity index (χ4v) is 1.64. The lowest BCUT2D eigenvalue weighted by Gasteiger charge is -2.08. The molecule has 0 radical (unpaired) electrons. The Morgan fingerprint density at radius 1 is 1.39 bits per heavy atom. The SMILES string of the molecule is Cc1ccc(Cl)c(NC(=O)c2cccnc2F)c1. The van der Waals surface area contributed by atoms with E-state index in [-0.39, 0.29) is 5.56 Å². The van der Waals surface area contributed by atoms with Gasteiger partial charge in [0.2, 0.25) is 5.95 Å². The maximum atomic E-state index is 13.3. The lowest BCUT2D eigenvalue weighted by atomic mass is 10.2. The number of carbonyl (C=O) groups excluding carboxylic acids is 1. The fraction of sp³-hybridized carbons (Fsp3) is 0.0769. The van der Waals surface area contributed by atoms with E-state index in [4.69, 9.17) is 11.6 Å². The Labute approximate surface area is 109 Å². The molecule has 0 aliphatic heterocycles. The quantitative estimate of drug-likeness (QED) is 0.845. The van der Waals surface area contributed by atoms with Crippen molar-refractivity contribution >= 4 is 23.2 Å². The molecule has 1 heterocycles. The van der Waals surface area contributed by atoms with Gasteiger partial charge in [-0.25, -0.2) is 4.98 Å². The molecule has 1 amide bonds. The topological polar surface area (TPSA) is 42.0 Å². The van der Waals surface area contributed by atoms with Crippen LogP contribution in [0.4, 0.5) is 10.1 Å². The Kier molecular flexibility index (Phi) is 3.58. The van der Waals surface area contributed by atoms with Crippen LogP contribution in [0.5, 0.6) is 0 Å². The summed E-state index contributed by atoms with van der Waals surface area (Å²) in [7, 11) is 0. The van der Waals surface area contributed by atoms with Crippen molar-refractivity contribution in [2.45, 2.75) is 6.92 Å². The number of aromatic nitrogens is 1. The number of nitrogens with zero attached hydrogens (tertiary/aromatic N) is 1. The first-order valence-electron chi connectivity index (χ1n) is 5.26. The van der Waals surface area contributed by atoms with Gasteiger partial charge in [0.05, 0.1) is 16.3 Å². The minimum atomic E-state index is -0.807. The number of amides is 1. The summed E-state index contributed by atoms with van der Waals surface area (Å²) >= 11 is 5.94. The minimum absolute atomic E-state index is 0.116. The lowest BCUT2D eigenvalue weighted by molar-refractivity contribution is 0.102. The highest BCUT2D eigenvalue weighted by atomic mass is 35.5. The highest BCUT2D eigenvalue weighted by molar-refractivity contribution is 6.33. The van der Waals surface area contributed by atoms with Crippen LogP contribution in [0.25, 0.3) is 0 Å². The zero-order valence-corrected chi connectivity index (χ0v) is 10.3. The number of rotatable bonds is 2. The van der Waals surface area contributed by atoms with E-state index < -0.39 is 11.9 Å². The summed E-state index contributed by atoms with van der Waals surface area (Å²) in [5.41, 5.74) is 1.28. The van der Waals surface area contributed by atoms with Crippen LogP contribution in [0.1, 0.15) is 15.9 Å². The standard InChI is InChI=1S/C13H10ClFN2O/c1-8-4-5-10(14)11(7-8)17-13(18)9-3-2-6-16-12(9)15/h2-7H,1H3,(H,17,18). The Balaban J connectivity index is 2.27. The molecule has 0 saturated heterocycles. The third-order valence-electron chi connectivity index (χ3n) is 2.37. The molecule has 0 saturated carbocycles. The summed E-state index contributed by atoms with van der Waals surface area (Å²) < 4.78 is 13.3. The minimum Gasteiger partial charge on any atom is -0.320 e. The van der Waals surface area contributed by atoms with Gasteiger partial charge in [-0.3, -0.25) is 4.79 Å². The van der Waals surface area contributed by atoms with Gasteiger partial charge in [0.25, 0.3) is 5.91 Å². The number of carbonyl (C=O) groups is 1. The molecule has 0 aliphatic carbocycles. The highest BCUT2D eigenvalue weighted by Gasteiger charge is 2.13. The molecule has 5 heteroatoms. The summed E-state index contributed by atoms with van der Waals surface area (Å²) in [6, 6.07) is 8.07. The molecule has 1 aromatic heterocycles. The number of hydrogen-bond acceptors (Lipinski definition) is 2. The average molecular weight is 265 g/mol. The van der Waals surface area contributed by atoms with Crippen molar-refractivity contribution in [2.75, 3.05) is 5.32 Å². The van der Waals surface area contributed by atoms with E-state index in [0.29, 0.717) is 10.7 Å². The van der Waals surface area contributed by atoms with Crippen LogP contribution in [0.3, 0.4) is 0 Å². The number of halogens is 2. The Morgan fingerprint density at radius 2 is 2.17 bits per heavy atom. The highest BCUT2D eigenvalue weighted by Crippen LogP contribution is 2.23. The van der Waals surface area contributed by atoms with Gasteiger partial charge in [-0.2, -0.15) is 4.39 Å². The van der Waals surface area contributed by atoms with Gasteiger partial charge in [-0.15, -0.1) is 0 Å². The Hall–Kier alpha value is -1.94. The number of aryl methyl sites for hydroxylation is 1. The van der Waals surface area contributed by atoms with Gasteiger partial charge < -0.3 is 5.32 Å². The van der Waals surface area contributed by atoms with E-state index in [1.165, 1.54) is 18.3 Å². The van der Waals surface area contributed by atoms with Crippen molar-refractivity contribution in [2.24, 2.45) is 0 Å². The molecule has 1 N–H and O–H groups in total. The molecule has 0 fully saturated rings. The molecular weight excluding hydrogens is 255 g/mol. The molecule has 3 nitrogen and oxygen atoms in total. The number of anilines is 1. The van der Waals surface area contributed by atoms with E-state index >= 15 is 0 Å². The molecule has 1 aromatic carbocycles. The first-order valence-corrected chi connectivity index (χ1v) is 5.64. The van der Waals surface area contributed by atoms with Crippen LogP contribution >= 0.6 is 11.6 Å². The predicted octanol–water partition coefficient (Wildman–Crippen LogP) is 3.43. The normalized spacial score (nSPS) is 10.2. The predicted molar refractivity (Wildman–Crippen MR) is 68.3 cm³/mol. The third-order valence-corrected chi connectivity index (χ3v) is 2.70. The fourth-order valence-electron chi connectivity index (χ4n) is 1.48. The van der Waals surface area contributed by atoms with Gasteiger partial charge in [0.15, 0.2) is 0 Å². The largest absolute Gasteiger partial charge is 0.320 e. The molecule has 0 bridgehead atoms. The smallest absolute Gasteiger partial charge is 0.260 e. The monoisotopic (exact) mass is 264 g/mol. The molecule has 92 valence electrons. The van der Waals surface area contributed by atoms with E-state index in [2.05, 4.69) is 10.3 Å². The zero-order valence-electron chi connectivity index (χ0n) is 9.58. The molecule has 2 aromatic rings. The molecule has 0 spiro atoms. The van der Waals surface area contributed by atoms with E-state index in [0.717, 1.165) is 5.56 Å². The first kappa shape index (κ1) is 12.5. The van der Waals surface area contributed by atoms with E-state index in [1.807, 2.05) is 13.0 Å². The van der Waals surface area contributed by atoms with E-state index in [1.54, 1.807) is 12.1 Å². The van der Waals surface area contributed by atoms with Crippen molar-refractivity contribution in [3.63, 3.8) is 0 Å². The lowest BCUT2D eigenvalue weighted by Crippen LogP contribution is -2.14. The summed E-state index contributed by atoms with van der Waals surface area (Å²) in [5, 5.41) is 2.96. The van der Waals surface area contributed by atoms with Crippen molar-refractivity contribution in [1.82, 2.24) is 4.98 Å². The Morgan fingerprint density at radius 3 is 2.89 bits per heavy atom. The second-order valence-electron chi connectivity index (χ2n) is 3.78. The summed E-state index contributed by atoms with van der Waals surface area (Å²) in [4.78, 5) is 15.3. The summed E-state index contributed by atoms with van der Waals surface area (Å²) in [5.74, 6) is -1.38. The van der Waals surface area contributed by atoms with Crippen LogP contribution in [0, 0.1) is 12.9 Å². The van der Waals surface area contributed by atoms with Crippen LogP contribution in [-0.2, 0) is 0 Å². The first-order chi connectivity index (χ1) is 8.58. The summed E-state index contributed by atoms with van der Waals surface area (Å²) in [6.45, 7) is 1.87. The molecule has 18 heavy (non-hydrogen) atoms. The number of pyridine rings is 1. The third kappa shape index (κ3) is 2.65. The Bertz CT molecular complexity index is 601. The van der Waals surface area contributed by atoms with Crippen molar-refractivity contribution in [3.8, 4) is 0 Å². The van der Waals surface area contributed by atoms with Gasteiger partial charge in [-0.1, -0.05) is 17.7 Å². The maximum Gasteiger partial charge on any atom is 0.260 e. The average Bonchev–Trinajstić information content (AvgIpc) is 2.34. The zero-order chi connectivity index (χ0) is 13.1. The van der Waals surface area contributed by atoms with Gasteiger partial charge in [0, 0.05) is 6.20 Å². The van der Waals surface area contributed by atoms with Crippen molar-refractivity contribution in [3.05, 3.63) is 58.6 Å². The molecule has 0 atom stereocenters. The van der Waals surface area contributed by atoms with Gasteiger partial charge >= 0.3 is 0 Å². The van der Waals surface area contributed by atoms with Crippen molar-refractivity contribution < 1.29 is 9.18 Å². The van der Waals surface area contributed by atoms with Gasteiger partial charge in [0.1, 0.15) is 0 Å². The van der Waals surface area contributed by atoms with Gasteiger partial charge in [-0.05, 0) is 36.8 Å². The molecule has 0 unspecified atom stereocenters. The second-order valence-corrected chi connectivity index (χ2v) is 4.19. The second kappa shape index (κ2) is 5.14. The van der Waals surface area contributed by atoms with Crippen molar-refractivity contribution in [1.29, 1.82) is 0 Å². The van der Waals surface area contributed by atoms with Crippen LogP contribution in [-0.4, -0.2) is 10.9 Å². The number of benzene rings is 1.